The van der Waals surface area contributed by atoms with E-state index in [2.05, 4.69) is 15.6 Å². The monoisotopic (exact) mass is 265 g/mol. The van der Waals surface area contributed by atoms with Crippen LogP contribution in [0.1, 0.15) is 30.6 Å². The molecule has 1 heterocycles. The van der Waals surface area contributed by atoms with Gasteiger partial charge in [-0.1, -0.05) is 0 Å². The van der Waals surface area contributed by atoms with Crippen LogP contribution in [0.5, 0.6) is 0 Å². The van der Waals surface area contributed by atoms with Crippen LogP contribution in [0.3, 0.4) is 0 Å². The van der Waals surface area contributed by atoms with E-state index in [0.29, 0.717) is 24.3 Å². The zero-order valence-electron chi connectivity index (χ0n) is 11.4. The zero-order chi connectivity index (χ0) is 14.3. The van der Waals surface area contributed by atoms with Crippen molar-refractivity contribution in [1.82, 2.24) is 10.3 Å². The van der Waals surface area contributed by atoms with Crippen LogP contribution in [0.2, 0.25) is 0 Å². The summed E-state index contributed by atoms with van der Waals surface area (Å²) >= 11 is 0. The van der Waals surface area contributed by atoms with Gasteiger partial charge in [0.2, 0.25) is 5.91 Å². The Labute approximate surface area is 112 Å². The fraction of sp³-hybridized carbons (Fsp3) is 0.462. The number of anilines is 1. The van der Waals surface area contributed by atoms with Gasteiger partial charge in [0.1, 0.15) is 11.4 Å². The summed E-state index contributed by atoms with van der Waals surface area (Å²) < 4.78 is 5.13. The predicted molar refractivity (Wildman–Crippen MR) is 72.0 cm³/mol. The van der Waals surface area contributed by atoms with Gasteiger partial charge in [0.05, 0.1) is 6.10 Å². The van der Waals surface area contributed by atoms with Gasteiger partial charge in [-0.15, -0.1) is 0 Å². The fourth-order valence-electron chi connectivity index (χ4n) is 1.41. The van der Waals surface area contributed by atoms with Gasteiger partial charge >= 0.3 is 5.97 Å². The van der Waals surface area contributed by atoms with Crippen molar-refractivity contribution in [2.45, 2.75) is 26.4 Å². The molecule has 1 rings (SSSR count). The first-order valence-corrected chi connectivity index (χ1v) is 6.15. The molecule has 6 heteroatoms. The van der Waals surface area contributed by atoms with E-state index in [0.717, 1.165) is 0 Å². The molecule has 0 aliphatic rings. The molecular formula is C13H19N3O3. The van der Waals surface area contributed by atoms with Gasteiger partial charge in [-0.3, -0.25) is 4.79 Å². The number of nitrogens with one attached hydrogen (secondary N) is 2. The summed E-state index contributed by atoms with van der Waals surface area (Å²) in [6, 6.07) is 3.31. The first kappa shape index (κ1) is 14.9. The lowest BCUT2D eigenvalue weighted by atomic mass is 10.2. The van der Waals surface area contributed by atoms with E-state index in [1.54, 1.807) is 39.2 Å². The smallest absolute Gasteiger partial charge is 0.342 e. The second-order valence-electron chi connectivity index (χ2n) is 4.20. The molecule has 0 aliphatic carbocycles. The molecule has 2 N–H and O–H groups in total. The number of ether oxygens (including phenoxy) is 1. The van der Waals surface area contributed by atoms with Crippen molar-refractivity contribution in [3.05, 3.63) is 23.9 Å². The molecule has 0 fully saturated rings. The molecule has 0 spiro atoms. The maximum absolute atomic E-state index is 11.8. The maximum Gasteiger partial charge on any atom is 0.342 e. The van der Waals surface area contributed by atoms with Gasteiger partial charge in [-0.05, 0) is 26.0 Å². The highest BCUT2D eigenvalue weighted by Crippen LogP contribution is 2.13. The van der Waals surface area contributed by atoms with Gasteiger partial charge in [0.25, 0.3) is 0 Å². The third kappa shape index (κ3) is 4.95. The number of carbonyl (C=O) groups is 2. The molecule has 0 saturated heterocycles. The van der Waals surface area contributed by atoms with Crippen LogP contribution in [0.4, 0.5) is 5.82 Å². The summed E-state index contributed by atoms with van der Waals surface area (Å²) in [7, 11) is 1.58. The zero-order valence-corrected chi connectivity index (χ0v) is 11.4. The molecule has 0 aromatic carbocycles. The highest BCUT2D eigenvalue weighted by molar-refractivity contribution is 5.94. The van der Waals surface area contributed by atoms with E-state index >= 15 is 0 Å². The molecule has 6 nitrogen and oxygen atoms in total. The molecule has 0 radical (unpaired) electrons. The van der Waals surface area contributed by atoms with E-state index in [9.17, 15) is 9.59 Å². The molecule has 1 aromatic heterocycles. The number of aromatic nitrogens is 1. The molecule has 104 valence electrons. The lowest BCUT2D eigenvalue weighted by Gasteiger charge is -2.12. The Kier molecular flexibility index (Phi) is 5.78. The van der Waals surface area contributed by atoms with E-state index in [1.807, 2.05) is 0 Å². The Bertz CT molecular complexity index is 447. The van der Waals surface area contributed by atoms with Crippen molar-refractivity contribution in [3.63, 3.8) is 0 Å². The fourth-order valence-corrected chi connectivity index (χ4v) is 1.41. The third-order valence-electron chi connectivity index (χ3n) is 2.29. The Balaban J connectivity index is 2.67. The first-order chi connectivity index (χ1) is 9.04. The Morgan fingerprint density at radius 3 is 2.79 bits per heavy atom. The Morgan fingerprint density at radius 2 is 2.16 bits per heavy atom. The minimum atomic E-state index is -0.425. The largest absolute Gasteiger partial charge is 0.459 e. The topological polar surface area (TPSA) is 80.3 Å². The average Bonchev–Trinajstić information content (AvgIpc) is 2.38. The van der Waals surface area contributed by atoms with Crippen molar-refractivity contribution in [1.29, 1.82) is 0 Å². The van der Waals surface area contributed by atoms with E-state index < -0.39 is 5.97 Å². The number of esters is 1. The Hall–Kier alpha value is -2.11. The number of pyridine rings is 1. The molecule has 1 aromatic rings. The first-order valence-electron chi connectivity index (χ1n) is 6.15. The Morgan fingerprint density at radius 1 is 1.42 bits per heavy atom. The van der Waals surface area contributed by atoms with Crippen LogP contribution < -0.4 is 10.6 Å². The van der Waals surface area contributed by atoms with Gasteiger partial charge < -0.3 is 15.4 Å². The quantitative estimate of drug-likeness (QED) is 0.755. The van der Waals surface area contributed by atoms with E-state index in [-0.39, 0.29) is 12.0 Å². The molecule has 0 aliphatic heterocycles. The van der Waals surface area contributed by atoms with Gasteiger partial charge in [0.15, 0.2) is 0 Å². The van der Waals surface area contributed by atoms with Gasteiger partial charge in [-0.2, -0.15) is 0 Å². The third-order valence-corrected chi connectivity index (χ3v) is 2.29. The van der Waals surface area contributed by atoms with Crippen molar-refractivity contribution in [3.8, 4) is 0 Å². The molecule has 0 bridgehead atoms. The lowest BCUT2D eigenvalue weighted by Crippen LogP contribution is -2.22. The van der Waals surface area contributed by atoms with Crippen LogP contribution >= 0.6 is 0 Å². The van der Waals surface area contributed by atoms with Crippen LogP contribution in [0.25, 0.3) is 0 Å². The van der Waals surface area contributed by atoms with Crippen LogP contribution in [-0.4, -0.2) is 36.6 Å². The highest BCUT2D eigenvalue weighted by atomic mass is 16.5. The number of amides is 1. The van der Waals surface area contributed by atoms with E-state index in [4.69, 9.17) is 4.74 Å². The van der Waals surface area contributed by atoms with Crippen molar-refractivity contribution >= 4 is 17.7 Å². The maximum atomic E-state index is 11.8. The molecule has 0 atom stereocenters. The molecule has 0 saturated carbocycles. The number of hydrogen-bond donors (Lipinski definition) is 2. The second-order valence-corrected chi connectivity index (χ2v) is 4.20. The second kappa shape index (κ2) is 7.35. The standard InChI is InChI=1S/C13H19N3O3/c1-9(2)19-13(18)10-5-4-7-15-12(10)16-8-6-11(17)14-3/h4-5,7,9H,6,8H2,1-3H3,(H,14,17)(H,15,16). The number of hydrogen-bond acceptors (Lipinski definition) is 5. The molecule has 1 amide bonds. The summed E-state index contributed by atoms with van der Waals surface area (Å²) in [5.41, 5.74) is 0.369. The average molecular weight is 265 g/mol. The van der Waals surface area contributed by atoms with Gasteiger partial charge in [-0.25, -0.2) is 9.78 Å². The SMILES string of the molecule is CNC(=O)CCNc1ncccc1C(=O)OC(C)C. The molecule has 19 heavy (non-hydrogen) atoms. The number of carbonyl (C=O) groups excluding carboxylic acids is 2. The normalized spacial score (nSPS) is 10.1. The minimum absolute atomic E-state index is 0.0743. The van der Waals surface area contributed by atoms with Crippen molar-refractivity contribution < 1.29 is 14.3 Å². The highest BCUT2D eigenvalue weighted by Gasteiger charge is 2.14. The number of nitrogens with zero attached hydrogens (tertiary/aromatic N) is 1. The summed E-state index contributed by atoms with van der Waals surface area (Å²) in [6.45, 7) is 3.97. The summed E-state index contributed by atoms with van der Waals surface area (Å²) in [5.74, 6) is -0.0719. The lowest BCUT2D eigenvalue weighted by molar-refractivity contribution is -0.120. The number of rotatable bonds is 6. The van der Waals surface area contributed by atoms with Crippen molar-refractivity contribution in [2.24, 2.45) is 0 Å². The summed E-state index contributed by atoms with van der Waals surface area (Å²) in [5, 5.41) is 5.48. The minimum Gasteiger partial charge on any atom is -0.459 e. The van der Waals surface area contributed by atoms with Crippen LogP contribution in [0, 0.1) is 0 Å². The predicted octanol–water partition coefficient (Wildman–Crippen LogP) is 1.19. The molecular weight excluding hydrogens is 246 g/mol. The molecule has 0 unspecified atom stereocenters. The van der Waals surface area contributed by atoms with Crippen LogP contribution in [-0.2, 0) is 9.53 Å². The van der Waals surface area contributed by atoms with Crippen LogP contribution in [0.15, 0.2) is 18.3 Å². The summed E-state index contributed by atoms with van der Waals surface area (Å²) in [6.07, 6.45) is 1.70. The van der Waals surface area contributed by atoms with Crippen molar-refractivity contribution in [2.75, 3.05) is 18.9 Å². The van der Waals surface area contributed by atoms with Gasteiger partial charge in [0, 0.05) is 26.2 Å². The van der Waals surface area contributed by atoms with E-state index in [1.165, 1.54) is 0 Å². The summed E-state index contributed by atoms with van der Waals surface area (Å²) in [4.78, 5) is 27.0.